The molecule has 0 aliphatic carbocycles. The van der Waals surface area contributed by atoms with Crippen LogP contribution in [0.4, 0.5) is 0 Å². The molecule has 0 spiro atoms. The normalized spacial score (nSPS) is 11.0. The van der Waals surface area contributed by atoms with Crippen LogP contribution in [0.2, 0.25) is 4.34 Å². The number of H-pyrrole nitrogens is 1. The molecule has 0 bridgehead atoms. The highest BCUT2D eigenvalue weighted by Crippen LogP contribution is 2.21. The first-order valence-electron chi connectivity index (χ1n) is 6.75. The van der Waals surface area contributed by atoms with Crippen molar-refractivity contribution in [3.05, 3.63) is 50.9 Å². The summed E-state index contributed by atoms with van der Waals surface area (Å²) in [6.45, 7) is 0.484. The molecule has 8 heteroatoms. The first kappa shape index (κ1) is 15.7. The number of thiophene rings is 1. The molecule has 0 saturated heterocycles. The van der Waals surface area contributed by atoms with Gasteiger partial charge in [-0.05, 0) is 24.3 Å². The van der Waals surface area contributed by atoms with E-state index in [2.05, 4.69) is 15.3 Å². The van der Waals surface area contributed by atoms with Gasteiger partial charge in [-0.1, -0.05) is 17.7 Å². The lowest BCUT2D eigenvalue weighted by atomic mass is 10.2. The molecular formula is C15H12ClN3O3S. The van der Waals surface area contributed by atoms with Crippen molar-refractivity contribution in [2.75, 3.05) is 6.54 Å². The number of aromatic amines is 1. The van der Waals surface area contributed by atoms with Crippen LogP contribution in [-0.4, -0.2) is 33.4 Å². The van der Waals surface area contributed by atoms with Gasteiger partial charge in [0.15, 0.2) is 5.78 Å². The van der Waals surface area contributed by atoms with Gasteiger partial charge in [0.1, 0.15) is 11.3 Å². The Morgan fingerprint density at radius 3 is 2.83 bits per heavy atom. The van der Waals surface area contributed by atoms with Crippen molar-refractivity contribution < 1.29 is 14.7 Å². The molecule has 0 fully saturated rings. The number of aromatic carboxylic acids is 1. The Balaban J connectivity index is 1.67. The van der Waals surface area contributed by atoms with E-state index in [1.54, 1.807) is 24.3 Å². The first-order valence-corrected chi connectivity index (χ1v) is 7.94. The van der Waals surface area contributed by atoms with Gasteiger partial charge in [0.2, 0.25) is 0 Å². The number of ketones is 1. The number of fused-ring (bicyclic) bond motifs is 1. The average Bonchev–Trinajstić information content (AvgIpc) is 3.12. The van der Waals surface area contributed by atoms with E-state index in [0.717, 1.165) is 0 Å². The topological polar surface area (TPSA) is 95.1 Å². The maximum Gasteiger partial charge on any atom is 0.337 e. The molecule has 6 nitrogen and oxygen atoms in total. The Bertz CT molecular complexity index is 887. The summed E-state index contributed by atoms with van der Waals surface area (Å²) in [6.07, 6.45) is 0. The predicted molar refractivity (Wildman–Crippen MR) is 88.4 cm³/mol. The lowest BCUT2D eigenvalue weighted by Gasteiger charge is -2.00. The van der Waals surface area contributed by atoms with Crippen LogP contribution in [0.1, 0.15) is 25.9 Å². The lowest BCUT2D eigenvalue weighted by molar-refractivity contribution is 0.0698. The SMILES string of the molecule is O=C(CNCc1nc2c(C(=O)O)cccc2[nH]1)c1ccc(Cl)s1. The fraction of sp³-hybridized carbons (Fsp3) is 0.133. The molecule has 3 aromatic rings. The largest absolute Gasteiger partial charge is 0.478 e. The number of halogens is 1. The summed E-state index contributed by atoms with van der Waals surface area (Å²) < 4.78 is 0.576. The number of carbonyl (C=O) groups is 2. The summed E-state index contributed by atoms with van der Waals surface area (Å²) in [4.78, 5) is 31.0. The van der Waals surface area contributed by atoms with Crippen molar-refractivity contribution in [1.29, 1.82) is 0 Å². The second-order valence-corrected chi connectivity index (χ2v) is 6.54. The Hall–Kier alpha value is -2.22. The van der Waals surface area contributed by atoms with Gasteiger partial charge >= 0.3 is 5.97 Å². The first-order chi connectivity index (χ1) is 11.0. The number of benzene rings is 1. The van der Waals surface area contributed by atoms with Gasteiger partial charge < -0.3 is 15.4 Å². The molecule has 3 rings (SSSR count). The number of carboxylic acid groups (broad SMARTS) is 1. The molecule has 3 N–H and O–H groups in total. The molecule has 1 aromatic carbocycles. The van der Waals surface area contributed by atoms with Crippen molar-refractivity contribution in [2.45, 2.75) is 6.54 Å². The minimum absolute atomic E-state index is 0.0516. The summed E-state index contributed by atoms with van der Waals surface area (Å²) >= 11 is 7.04. The van der Waals surface area contributed by atoms with Crippen LogP contribution in [0, 0.1) is 0 Å². The average molecular weight is 350 g/mol. The maximum absolute atomic E-state index is 11.9. The molecule has 23 heavy (non-hydrogen) atoms. The third-order valence-electron chi connectivity index (χ3n) is 3.22. The van der Waals surface area contributed by atoms with E-state index in [4.69, 9.17) is 16.7 Å². The van der Waals surface area contributed by atoms with Crippen LogP contribution in [0.15, 0.2) is 30.3 Å². The number of hydrogen-bond donors (Lipinski definition) is 3. The number of imidazole rings is 1. The van der Waals surface area contributed by atoms with Crippen LogP contribution in [0.3, 0.4) is 0 Å². The van der Waals surface area contributed by atoms with Crippen molar-refractivity contribution in [3.63, 3.8) is 0 Å². The van der Waals surface area contributed by atoms with E-state index in [0.29, 0.717) is 32.6 Å². The number of nitrogens with zero attached hydrogens (tertiary/aromatic N) is 1. The fourth-order valence-corrected chi connectivity index (χ4v) is 3.17. The molecule has 0 aliphatic heterocycles. The summed E-state index contributed by atoms with van der Waals surface area (Å²) in [5.74, 6) is -0.499. The zero-order valence-corrected chi connectivity index (χ0v) is 13.4. The van der Waals surface area contributed by atoms with Gasteiger partial charge in [-0.2, -0.15) is 0 Å². The number of aromatic nitrogens is 2. The van der Waals surface area contributed by atoms with E-state index >= 15 is 0 Å². The minimum Gasteiger partial charge on any atom is -0.478 e. The van der Waals surface area contributed by atoms with Gasteiger partial charge in [-0.15, -0.1) is 11.3 Å². The van der Waals surface area contributed by atoms with Crippen LogP contribution in [0.5, 0.6) is 0 Å². The van der Waals surface area contributed by atoms with Crippen LogP contribution < -0.4 is 5.32 Å². The fourth-order valence-electron chi connectivity index (χ4n) is 2.19. The van der Waals surface area contributed by atoms with Crippen LogP contribution >= 0.6 is 22.9 Å². The molecule has 118 valence electrons. The van der Waals surface area contributed by atoms with Gasteiger partial charge in [0, 0.05) is 0 Å². The van der Waals surface area contributed by atoms with Crippen molar-refractivity contribution in [1.82, 2.24) is 15.3 Å². The molecule has 0 atom stereocenters. The van der Waals surface area contributed by atoms with Crippen LogP contribution in [-0.2, 0) is 6.54 Å². The van der Waals surface area contributed by atoms with Gasteiger partial charge in [0.05, 0.1) is 33.4 Å². The minimum atomic E-state index is -1.02. The number of Topliss-reactive ketones (excluding diaryl/α,β-unsaturated/α-hetero) is 1. The molecule has 0 unspecified atom stereocenters. The smallest absolute Gasteiger partial charge is 0.337 e. The Labute approximate surface area is 140 Å². The van der Waals surface area contributed by atoms with E-state index in [1.807, 2.05) is 0 Å². The van der Waals surface area contributed by atoms with Gasteiger partial charge in [0.25, 0.3) is 0 Å². The van der Waals surface area contributed by atoms with E-state index < -0.39 is 5.97 Å². The second kappa shape index (κ2) is 6.49. The van der Waals surface area contributed by atoms with Crippen molar-refractivity contribution in [3.8, 4) is 0 Å². The Morgan fingerprint density at radius 2 is 2.13 bits per heavy atom. The quantitative estimate of drug-likeness (QED) is 0.595. The number of carboxylic acids is 1. The number of rotatable bonds is 6. The monoisotopic (exact) mass is 349 g/mol. The van der Waals surface area contributed by atoms with Crippen molar-refractivity contribution in [2.24, 2.45) is 0 Å². The van der Waals surface area contributed by atoms with Gasteiger partial charge in [-0.3, -0.25) is 4.79 Å². The summed E-state index contributed by atoms with van der Waals surface area (Å²) in [5, 5.41) is 12.1. The summed E-state index contributed by atoms with van der Waals surface area (Å²) in [7, 11) is 0. The van der Waals surface area contributed by atoms with E-state index in [1.165, 1.54) is 17.4 Å². The third-order valence-corrected chi connectivity index (χ3v) is 4.49. The predicted octanol–water partition coefficient (Wildman–Crippen LogP) is 2.95. The maximum atomic E-state index is 11.9. The standard InChI is InChI=1S/C15H12ClN3O3S/c16-12-5-4-11(23-12)10(20)6-17-7-13-18-9-3-1-2-8(15(21)22)14(9)19-13/h1-5,17H,6-7H2,(H,18,19)(H,21,22). The summed E-state index contributed by atoms with van der Waals surface area (Å²) in [6, 6.07) is 8.30. The lowest BCUT2D eigenvalue weighted by Crippen LogP contribution is -2.22. The number of para-hydroxylation sites is 1. The number of hydrogen-bond acceptors (Lipinski definition) is 5. The van der Waals surface area contributed by atoms with Gasteiger partial charge in [-0.25, -0.2) is 9.78 Å². The highest BCUT2D eigenvalue weighted by Gasteiger charge is 2.13. The Morgan fingerprint density at radius 1 is 1.30 bits per heavy atom. The van der Waals surface area contributed by atoms with Crippen LogP contribution in [0.25, 0.3) is 11.0 Å². The molecular weight excluding hydrogens is 338 g/mol. The molecule has 0 aliphatic rings. The highest BCUT2D eigenvalue weighted by molar-refractivity contribution is 7.18. The summed E-state index contributed by atoms with van der Waals surface area (Å²) in [5.41, 5.74) is 1.21. The number of nitrogens with one attached hydrogen (secondary N) is 2. The van der Waals surface area contributed by atoms with Crippen molar-refractivity contribution >= 4 is 45.7 Å². The molecule has 2 aromatic heterocycles. The zero-order valence-electron chi connectivity index (χ0n) is 11.8. The molecule has 2 heterocycles. The molecule has 0 radical (unpaired) electrons. The number of carbonyl (C=O) groups excluding carboxylic acids is 1. The second-order valence-electron chi connectivity index (χ2n) is 4.82. The molecule has 0 saturated carbocycles. The Kier molecular flexibility index (Phi) is 4.42. The zero-order chi connectivity index (χ0) is 16.4. The highest BCUT2D eigenvalue weighted by atomic mass is 35.5. The molecule has 0 amide bonds. The third kappa shape index (κ3) is 3.42. The van der Waals surface area contributed by atoms with E-state index in [9.17, 15) is 9.59 Å². The van der Waals surface area contributed by atoms with E-state index in [-0.39, 0.29) is 17.9 Å².